The van der Waals surface area contributed by atoms with Crippen molar-refractivity contribution < 1.29 is 22.4 Å². The van der Waals surface area contributed by atoms with E-state index in [1.165, 1.54) is 12.1 Å². The van der Waals surface area contributed by atoms with Crippen LogP contribution in [-0.4, -0.2) is 44.4 Å². The highest BCUT2D eigenvalue weighted by Crippen LogP contribution is 2.19. The molecular weight excluding hydrogens is 393 g/mol. The monoisotopic (exact) mass is 407 g/mol. The molecule has 3 amide bonds. The smallest absolute Gasteiger partial charge is 0.315 e. The molecule has 1 unspecified atom stereocenters. The van der Waals surface area contributed by atoms with E-state index in [0.29, 0.717) is 10.9 Å². The van der Waals surface area contributed by atoms with Crippen molar-refractivity contribution >= 4 is 43.4 Å². The van der Waals surface area contributed by atoms with Crippen molar-refractivity contribution in [3.05, 3.63) is 28.5 Å². The standard InChI is InChI=1S/C13H15BrFN3O4S/c14-8-1-2-11(10(15)5-8)18-12(19)6-16-13(20)17-9-3-4-23(21,22)7-9/h1-2,5,9H,3-4,6-7H2,(H,18,19)(H2,16,17,20). The van der Waals surface area contributed by atoms with Crippen LogP contribution < -0.4 is 16.0 Å². The normalized spacial score (nSPS) is 19.1. The molecule has 0 aliphatic carbocycles. The lowest BCUT2D eigenvalue weighted by Crippen LogP contribution is -2.45. The highest BCUT2D eigenvalue weighted by atomic mass is 79.9. The Bertz CT molecular complexity index is 726. The Morgan fingerprint density at radius 1 is 1.35 bits per heavy atom. The molecule has 7 nitrogen and oxygen atoms in total. The third-order valence-electron chi connectivity index (χ3n) is 3.18. The van der Waals surface area contributed by atoms with E-state index in [2.05, 4.69) is 31.9 Å². The van der Waals surface area contributed by atoms with Crippen molar-refractivity contribution in [2.24, 2.45) is 0 Å². The largest absolute Gasteiger partial charge is 0.334 e. The van der Waals surface area contributed by atoms with E-state index in [9.17, 15) is 22.4 Å². The van der Waals surface area contributed by atoms with Gasteiger partial charge in [0.2, 0.25) is 5.91 Å². The van der Waals surface area contributed by atoms with E-state index in [4.69, 9.17) is 0 Å². The summed E-state index contributed by atoms with van der Waals surface area (Å²) in [5.41, 5.74) is 0.00212. The summed E-state index contributed by atoms with van der Waals surface area (Å²) in [6.45, 7) is -0.360. The van der Waals surface area contributed by atoms with Crippen molar-refractivity contribution in [1.29, 1.82) is 0 Å². The first kappa shape index (κ1) is 17.7. The number of urea groups is 1. The summed E-state index contributed by atoms with van der Waals surface area (Å²) in [5.74, 6) is -1.26. The molecule has 3 N–H and O–H groups in total. The molecule has 1 atom stereocenters. The van der Waals surface area contributed by atoms with E-state index in [-0.39, 0.29) is 23.7 Å². The molecule has 0 radical (unpaired) electrons. The number of benzene rings is 1. The number of sulfone groups is 1. The topological polar surface area (TPSA) is 104 Å². The summed E-state index contributed by atoms with van der Waals surface area (Å²) >= 11 is 3.10. The first-order chi connectivity index (χ1) is 10.7. The summed E-state index contributed by atoms with van der Waals surface area (Å²) in [5, 5.41) is 7.11. The van der Waals surface area contributed by atoms with Crippen LogP contribution in [0.15, 0.2) is 22.7 Å². The molecule has 0 spiro atoms. The molecular formula is C13H15BrFN3O4S. The number of hydrogen-bond acceptors (Lipinski definition) is 4. The predicted octanol–water partition coefficient (Wildman–Crippen LogP) is 1.01. The van der Waals surface area contributed by atoms with Crippen LogP contribution in [0.1, 0.15) is 6.42 Å². The molecule has 2 rings (SSSR count). The van der Waals surface area contributed by atoms with Gasteiger partial charge < -0.3 is 16.0 Å². The van der Waals surface area contributed by atoms with Gasteiger partial charge in [-0.2, -0.15) is 0 Å². The zero-order chi connectivity index (χ0) is 17.0. The molecule has 1 aromatic carbocycles. The van der Waals surface area contributed by atoms with Crippen molar-refractivity contribution in [3.8, 4) is 0 Å². The van der Waals surface area contributed by atoms with E-state index in [1.54, 1.807) is 6.07 Å². The highest BCUT2D eigenvalue weighted by Gasteiger charge is 2.28. The number of anilines is 1. The van der Waals surface area contributed by atoms with E-state index in [0.717, 1.165) is 0 Å². The molecule has 23 heavy (non-hydrogen) atoms. The number of carbonyl (C=O) groups is 2. The molecule has 0 saturated carbocycles. The Morgan fingerprint density at radius 3 is 2.70 bits per heavy atom. The van der Waals surface area contributed by atoms with E-state index >= 15 is 0 Å². The predicted molar refractivity (Wildman–Crippen MR) is 86.3 cm³/mol. The molecule has 10 heteroatoms. The summed E-state index contributed by atoms with van der Waals surface area (Å²) in [4.78, 5) is 23.3. The van der Waals surface area contributed by atoms with Crippen LogP contribution in [0, 0.1) is 5.82 Å². The van der Waals surface area contributed by atoms with Gasteiger partial charge in [-0.05, 0) is 24.6 Å². The Morgan fingerprint density at radius 2 is 2.09 bits per heavy atom. The lowest BCUT2D eigenvalue weighted by molar-refractivity contribution is -0.115. The first-order valence-electron chi connectivity index (χ1n) is 6.75. The van der Waals surface area contributed by atoms with Gasteiger partial charge in [-0.3, -0.25) is 4.79 Å². The molecule has 1 aliphatic heterocycles. The van der Waals surface area contributed by atoms with Crippen LogP contribution >= 0.6 is 15.9 Å². The van der Waals surface area contributed by atoms with Crippen LogP contribution in [0.25, 0.3) is 0 Å². The van der Waals surface area contributed by atoms with Gasteiger partial charge in [0.05, 0.1) is 23.7 Å². The van der Waals surface area contributed by atoms with Crippen LogP contribution in [-0.2, 0) is 14.6 Å². The number of hydrogen-bond donors (Lipinski definition) is 3. The van der Waals surface area contributed by atoms with Gasteiger partial charge in [-0.1, -0.05) is 15.9 Å². The maximum Gasteiger partial charge on any atom is 0.315 e. The second-order valence-corrected chi connectivity index (χ2v) is 8.24. The Hall–Kier alpha value is -1.68. The molecule has 126 valence electrons. The van der Waals surface area contributed by atoms with Crippen LogP contribution in [0.5, 0.6) is 0 Å². The van der Waals surface area contributed by atoms with Gasteiger partial charge in [0.15, 0.2) is 9.84 Å². The fourth-order valence-electron chi connectivity index (χ4n) is 2.09. The molecule has 0 bridgehead atoms. The average Bonchev–Trinajstić information content (AvgIpc) is 2.79. The fraction of sp³-hybridized carbons (Fsp3) is 0.385. The number of amides is 3. The maximum absolute atomic E-state index is 13.6. The average molecular weight is 408 g/mol. The van der Waals surface area contributed by atoms with Crippen molar-refractivity contribution in [2.75, 3.05) is 23.4 Å². The molecule has 0 aromatic heterocycles. The van der Waals surface area contributed by atoms with Crippen molar-refractivity contribution in [3.63, 3.8) is 0 Å². The van der Waals surface area contributed by atoms with Crippen molar-refractivity contribution in [2.45, 2.75) is 12.5 Å². The van der Waals surface area contributed by atoms with Gasteiger partial charge in [0, 0.05) is 10.5 Å². The van der Waals surface area contributed by atoms with Gasteiger partial charge in [-0.25, -0.2) is 17.6 Å². The fourth-order valence-corrected chi connectivity index (χ4v) is 4.10. The lowest BCUT2D eigenvalue weighted by atomic mass is 10.3. The third kappa shape index (κ3) is 5.47. The summed E-state index contributed by atoms with van der Waals surface area (Å²) in [6.07, 6.45) is 0.353. The van der Waals surface area contributed by atoms with E-state index in [1.807, 2.05) is 0 Å². The zero-order valence-electron chi connectivity index (χ0n) is 11.9. The summed E-state index contributed by atoms with van der Waals surface area (Å²) in [7, 11) is -3.09. The quantitative estimate of drug-likeness (QED) is 0.692. The van der Waals surface area contributed by atoms with Crippen molar-refractivity contribution in [1.82, 2.24) is 10.6 Å². The van der Waals surface area contributed by atoms with Gasteiger partial charge in [-0.15, -0.1) is 0 Å². The third-order valence-corrected chi connectivity index (χ3v) is 5.44. The van der Waals surface area contributed by atoms with Crippen LogP contribution in [0.2, 0.25) is 0 Å². The second kappa shape index (κ2) is 7.26. The minimum absolute atomic E-state index is 0.00212. The summed E-state index contributed by atoms with van der Waals surface area (Å²) in [6, 6.07) is 3.07. The van der Waals surface area contributed by atoms with Gasteiger partial charge in [0.25, 0.3) is 0 Å². The minimum Gasteiger partial charge on any atom is -0.334 e. The first-order valence-corrected chi connectivity index (χ1v) is 9.36. The Balaban J connectivity index is 1.77. The zero-order valence-corrected chi connectivity index (χ0v) is 14.3. The molecule has 1 saturated heterocycles. The van der Waals surface area contributed by atoms with Gasteiger partial charge >= 0.3 is 6.03 Å². The SMILES string of the molecule is O=C(CNC(=O)NC1CCS(=O)(=O)C1)Nc1ccc(Br)cc1F. The number of carbonyl (C=O) groups excluding carboxylic acids is 2. The second-order valence-electron chi connectivity index (χ2n) is 5.10. The van der Waals surface area contributed by atoms with Gasteiger partial charge in [0.1, 0.15) is 5.82 Å². The molecule has 1 fully saturated rings. The number of nitrogens with one attached hydrogen (secondary N) is 3. The number of halogens is 2. The van der Waals surface area contributed by atoms with Crippen LogP contribution in [0.3, 0.4) is 0 Å². The van der Waals surface area contributed by atoms with E-state index < -0.39 is 33.6 Å². The number of rotatable bonds is 4. The molecule has 1 aromatic rings. The highest BCUT2D eigenvalue weighted by molar-refractivity contribution is 9.10. The maximum atomic E-state index is 13.6. The molecule has 1 heterocycles. The Labute approximate surface area is 141 Å². The summed E-state index contributed by atoms with van der Waals surface area (Å²) < 4.78 is 36.6. The molecule has 1 aliphatic rings. The Kier molecular flexibility index (Phi) is 5.58. The lowest BCUT2D eigenvalue weighted by Gasteiger charge is -2.12. The van der Waals surface area contributed by atoms with Crippen LogP contribution in [0.4, 0.5) is 14.9 Å². The minimum atomic E-state index is -3.09.